The van der Waals surface area contributed by atoms with Gasteiger partial charge in [0.05, 0.1) is 24.4 Å². The van der Waals surface area contributed by atoms with Crippen molar-refractivity contribution in [3.63, 3.8) is 0 Å². The van der Waals surface area contributed by atoms with E-state index in [1.807, 2.05) is 20.8 Å². The van der Waals surface area contributed by atoms with Crippen LogP contribution >= 0.6 is 0 Å². The van der Waals surface area contributed by atoms with Gasteiger partial charge in [-0.1, -0.05) is 71.6 Å². The summed E-state index contributed by atoms with van der Waals surface area (Å²) in [4.78, 5) is 12.6. The van der Waals surface area contributed by atoms with Gasteiger partial charge in [-0.15, -0.1) is 0 Å². The van der Waals surface area contributed by atoms with Crippen LogP contribution in [0, 0.1) is 0 Å². The van der Waals surface area contributed by atoms with E-state index in [1.54, 1.807) is 6.92 Å². The third-order valence-corrected chi connectivity index (χ3v) is 9.00. The number of hydrogen-bond acceptors (Lipinski definition) is 11. The Balaban J connectivity index is 1.62. The molecule has 2 heterocycles. The molecule has 2 fully saturated rings. The summed E-state index contributed by atoms with van der Waals surface area (Å²) in [7, 11) is 0. The van der Waals surface area contributed by atoms with Gasteiger partial charge >= 0.3 is 5.97 Å². The standard InChI is InChI=1S/C33H62O11/c1-5-24-27(37)28(38)31(22(4)41-24)44-33-30(40)29(39)32(25(6-2)42-33)43-26(36)20-16-10-8-7-9-14-18-23(35)19-15-12-11-13-17-21(3)34/h21-25,27-35,37-40H,5-20H2,1-4H3/t21?,22-,23?,24?,25?,27-,28+,29-,30?,31?,32-,33+/m1/s1. The topological polar surface area (TPSA) is 175 Å². The molecule has 2 aliphatic rings. The first-order chi connectivity index (χ1) is 21.0. The average Bonchev–Trinajstić information content (AvgIpc) is 2.99. The molecule has 0 aliphatic carbocycles. The molecule has 0 aromatic heterocycles. The molecule has 260 valence electrons. The highest BCUT2D eigenvalue weighted by Gasteiger charge is 2.50. The van der Waals surface area contributed by atoms with E-state index < -0.39 is 67.2 Å². The van der Waals surface area contributed by atoms with Gasteiger partial charge in [-0.3, -0.25) is 4.79 Å². The third-order valence-electron chi connectivity index (χ3n) is 9.00. The van der Waals surface area contributed by atoms with Crippen molar-refractivity contribution in [2.75, 3.05) is 0 Å². The first kappa shape index (κ1) is 39.3. The molecule has 0 saturated carbocycles. The lowest BCUT2D eigenvalue weighted by molar-refractivity contribution is -0.337. The first-order valence-corrected chi connectivity index (χ1v) is 17.2. The quantitative estimate of drug-likeness (QED) is 0.0807. The van der Waals surface area contributed by atoms with Crippen LogP contribution in [0.2, 0.25) is 0 Å². The van der Waals surface area contributed by atoms with Gasteiger partial charge in [-0.05, 0) is 52.4 Å². The van der Waals surface area contributed by atoms with Crippen molar-refractivity contribution in [1.29, 1.82) is 0 Å². The van der Waals surface area contributed by atoms with E-state index in [4.69, 9.17) is 18.9 Å². The Hall–Kier alpha value is -0.890. The molecule has 11 nitrogen and oxygen atoms in total. The zero-order chi connectivity index (χ0) is 32.6. The maximum absolute atomic E-state index is 12.6. The molecule has 2 aliphatic heterocycles. The number of hydrogen-bond donors (Lipinski definition) is 6. The minimum absolute atomic E-state index is 0.200. The summed E-state index contributed by atoms with van der Waals surface area (Å²) in [5.74, 6) is -0.463. The monoisotopic (exact) mass is 634 g/mol. The molecule has 2 saturated heterocycles. The van der Waals surface area contributed by atoms with Crippen molar-refractivity contribution >= 4 is 5.97 Å². The number of aliphatic hydroxyl groups is 6. The van der Waals surface area contributed by atoms with Crippen LogP contribution in [0.3, 0.4) is 0 Å². The molecule has 12 atom stereocenters. The molecule has 0 aromatic carbocycles. The number of carbonyl (C=O) groups excluding carboxylic acids is 1. The summed E-state index contributed by atoms with van der Waals surface area (Å²) in [6.07, 6.45) is 2.40. The number of ether oxygens (including phenoxy) is 4. The maximum atomic E-state index is 12.6. The molecule has 0 spiro atoms. The summed E-state index contributed by atoms with van der Waals surface area (Å²) >= 11 is 0. The zero-order valence-corrected chi connectivity index (χ0v) is 27.5. The SMILES string of the molecule is CCC1O[C@H](C)C(O[C@@H]2OC(CC)[C@@H](OC(=O)CCCCCCCCC(O)CCCCCCC(C)O)[C@H](O)C2O)[C@@H](O)[C@@H]1O. The zero-order valence-electron chi connectivity index (χ0n) is 27.5. The van der Waals surface area contributed by atoms with E-state index in [1.165, 1.54) is 0 Å². The van der Waals surface area contributed by atoms with E-state index in [-0.39, 0.29) is 18.6 Å². The normalized spacial score (nSPS) is 34.0. The largest absolute Gasteiger partial charge is 0.457 e. The Morgan fingerprint density at radius 3 is 1.77 bits per heavy atom. The fourth-order valence-electron chi connectivity index (χ4n) is 6.19. The van der Waals surface area contributed by atoms with Crippen LogP contribution in [0.4, 0.5) is 0 Å². The summed E-state index contributed by atoms with van der Waals surface area (Å²) in [6.45, 7) is 7.17. The van der Waals surface area contributed by atoms with Crippen LogP contribution < -0.4 is 0 Å². The van der Waals surface area contributed by atoms with Gasteiger partial charge in [-0.2, -0.15) is 0 Å². The predicted octanol–water partition coefficient (Wildman–Crippen LogP) is 3.26. The molecule has 11 heteroatoms. The number of aliphatic hydroxyl groups excluding tert-OH is 6. The minimum atomic E-state index is -1.53. The second-order valence-corrected chi connectivity index (χ2v) is 12.9. The highest BCUT2D eigenvalue weighted by atomic mass is 16.7. The molecule has 2 rings (SSSR count). The summed E-state index contributed by atoms with van der Waals surface area (Å²) < 4.78 is 23.0. The lowest BCUT2D eigenvalue weighted by Gasteiger charge is -2.46. The van der Waals surface area contributed by atoms with Gasteiger partial charge in [-0.25, -0.2) is 0 Å². The molecule has 6 unspecified atom stereocenters. The van der Waals surface area contributed by atoms with E-state index in [0.717, 1.165) is 77.0 Å². The Bertz CT molecular complexity index is 766. The lowest BCUT2D eigenvalue weighted by Crippen LogP contribution is -2.63. The van der Waals surface area contributed by atoms with Crippen LogP contribution in [0.5, 0.6) is 0 Å². The number of carbonyl (C=O) groups is 1. The van der Waals surface area contributed by atoms with Crippen LogP contribution in [0.1, 0.15) is 130 Å². The van der Waals surface area contributed by atoms with Crippen molar-refractivity contribution in [2.45, 2.75) is 204 Å². The minimum Gasteiger partial charge on any atom is -0.457 e. The number of unbranched alkanes of at least 4 members (excludes halogenated alkanes) is 8. The van der Waals surface area contributed by atoms with Crippen LogP contribution in [0.25, 0.3) is 0 Å². The molecule has 0 bridgehead atoms. The van der Waals surface area contributed by atoms with Gasteiger partial charge in [0.1, 0.15) is 36.6 Å². The van der Waals surface area contributed by atoms with Gasteiger partial charge in [0, 0.05) is 6.42 Å². The highest BCUT2D eigenvalue weighted by molar-refractivity contribution is 5.69. The van der Waals surface area contributed by atoms with Crippen LogP contribution in [-0.4, -0.2) is 110 Å². The highest BCUT2D eigenvalue weighted by Crippen LogP contribution is 2.31. The number of esters is 1. The fourth-order valence-corrected chi connectivity index (χ4v) is 6.19. The van der Waals surface area contributed by atoms with Crippen molar-refractivity contribution < 1.29 is 54.4 Å². The molecule has 0 aromatic rings. The van der Waals surface area contributed by atoms with E-state index >= 15 is 0 Å². The summed E-state index contributed by atoms with van der Waals surface area (Å²) in [5.41, 5.74) is 0. The van der Waals surface area contributed by atoms with Crippen LogP contribution in [-0.2, 0) is 23.7 Å². The lowest BCUT2D eigenvalue weighted by atomic mass is 9.93. The fraction of sp³-hybridized carbons (Fsp3) is 0.970. The van der Waals surface area contributed by atoms with E-state index in [2.05, 4.69) is 0 Å². The molecular formula is C33H62O11. The Labute approximate surface area is 264 Å². The average molecular weight is 635 g/mol. The third kappa shape index (κ3) is 13.1. The molecule has 6 N–H and O–H groups in total. The van der Waals surface area contributed by atoms with Crippen molar-refractivity contribution in [3.8, 4) is 0 Å². The predicted molar refractivity (Wildman–Crippen MR) is 165 cm³/mol. The van der Waals surface area contributed by atoms with E-state index in [9.17, 15) is 35.4 Å². The molecule has 0 radical (unpaired) electrons. The van der Waals surface area contributed by atoms with E-state index in [0.29, 0.717) is 19.3 Å². The number of rotatable bonds is 21. The summed E-state index contributed by atoms with van der Waals surface area (Å²) in [5, 5.41) is 62.0. The molecule has 44 heavy (non-hydrogen) atoms. The smallest absolute Gasteiger partial charge is 0.306 e. The van der Waals surface area contributed by atoms with Gasteiger partial charge in [0.25, 0.3) is 0 Å². The van der Waals surface area contributed by atoms with Crippen molar-refractivity contribution in [3.05, 3.63) is 0 Å². The molecular weight excluding hydrogens is 572 g/mol. The van der Waals surface area contributed by atoms with Crippen molar-refractivity contribution in [2.24, 2.45) is 0 Å². The Morgan fingerprint density at radius 1 is 0.682 bits per heavy atom. The van der Waals surface area contributed by atoms with Crippen LogP contribution in [0.15, 0.2) is 0 Å². The summed E-state index contributed by atoms with van der Waals surface area (Å²) in [6, 6.07) is 0. The first-order valence-electron chi connectivity index (χ1n) is 17.2. The maximum Gasteiger partial charge on any atom is 0.306 e. The van der Waals surface area contributed by atoms with Gasteiger partial charge in [0.15, 0.2) is 12.4 Å². The second-order valence-electron chi connectivity index (χ2n) is 12.9. The second kappa shape index (κ2) is 21.1. The van der Waals surface area contributed by atoms with Gasteiger partial charge < -0.3 is 49.6 Å². The van der Waals surface area contributed by atoms with Crippen molar-refractivity contribution in [1.82, 2.24) is 0 Å². The van der Waals surface area contributed by atoms with Gasteiger partial charge in [0.2, 0.25) is 0 Å². The Morgan fingerprint density at radius 2 is 1.20 bits per heavy atom. The Kier molecular flexibility index (Phi) is 18.8. The molecule has 0 amide bonds.